The van der Waals surface area contributed by atoms with Gasteiger partial charge in [0.15, 0.2) is 0 Å². The Bertz CT molecular complexity index is 441. The maximum Gasteiger partial charge on any atom is 0.0890 e. The first-order valence-corrected chi connectivity index (χ1v) is 4.47. The first-order valence-electron chi connectivity index (χ1n) is 4.47. The monoisotopic (exact) mass is 188 g/mol. The third-order valence-electron chi connectivity index (χ3n) is 2.18. The molecule has 4 heteroatoms. The highest BCUT2D eigenvalue weighted by atomic mass is 14.8. The minimum atomic E-state index is -0.124. The maximum absolute atomic E-state index is 5.81. The number of hydrogen-bond donors (Lipinski definition) is 2. The lowest BCUT2D eigenvalue weighted by Gasteiger charge is -2.08. The van der Waals surface area contributed by atoms with E-state index in [4.69, 9.17) is 11.5 Å². The SMILES string of the molecule is NC[C@H](N)c1ccc2nccnc2c1. The van der Waals surface area contributed by atoms with Gasteiger partial charge in [0.1, 0.15) is 0 Å². The van der Waals surface area contributed by atoms with Gasteiger partial charge < -0.3 is 11.5 Å². The Kier molecular flexibility index (Phi) is 2.39. The molecule has 0 fully saturated rings. The molecule has 0 bridgehead atoms. The number of benzene rings is 1. The fourth-order valence-corrected chi connectivity index (χ4v) is 1.35. The van der Waals surface area contributed by atoms with Gasteiger partial charge in [0.05, 0.1) is 11.0 Å². The van der Waals surface area contributed by atoms with Gasteiger partial charge in [-0.3, -0.25) is 9.97 Å². The van der Waals surface area contributed by atoms with E-state index in [1.54, 1.807) is 12.4 Å². The molecule has 0 saturated heterocycles. The first-order chi connectivity index (χ1) is 6.81. The van der Waals surface area contributed by atoms with Crippen molar-refractivity contribution < 1.29 is 0 Å². The topological polar surface area (TPSA) is 77.8 Å². The summed E-state index contributed by atoms with van der Waals surface area (Å²) in [6.07, 6.45) is 3.34. The summed E-state index contributed by atoms with van der Waals surface area (Å²) in [5.41, 5.74) is 14.0. The standard InChI is InChI=1S/C10H12N4/c11-6-8(12)7-1-2-9-10(5-7)14-4-3-13-9/h1-5,8H,6,11-12H2/t8-/m0/s1. The Morgan fingerprint density at radius 2 is 1.86 bits per heavy atom. The molecule has 72 valence electrons. The quantitative estimate of drug-likeness (QED) is 0.723. The maximum atomic E-state index is 5.81. The van der Waals surface area contributed by atoms with Crippen molar-refractivity contribution in [3.05, 3.63) is 36.2 Å². The lowest BCUT2D eigenvalue weighted by molar-refractivity contribution is 0.738. The summed E-state index contributed by atoms with van der Waals surface area (Å²) in [6.45, 7) is 0.436. The van der Waals surface area contributed by atoms with Crippen molar-refractivity contribution >= 4 is 11.0 Å². The predicted molar refractivity (Wildman–Crippen MR) is 55.5 cm³/mol. The van der Waals surface area contributed by atoms with Crippen molar-refractivity contribution in [3.63, 3.8) is 0 Å². The molecule has 0 spiro atoms. The Labute approximate surface area is 82.0 Å². The van der Waals surface area contributed by atoms with Gasteiger partial charge in [-0.25, -0.2) is 0 Å². The van der Waals surface area contributed by atoms with E-state index in [1.165, 1.54) is 0 Å². The molecular weight excluding hydrogens is 176 g/mol. The first kappa shape index (κ1) is 9.05. The average molecular weight is 188 g/mol. The lowest BCUT2D eigenvalue weighted by atomic mass is 10.1. The van der Waals surface area contributed by atoms with Gasteiger partial charge in [-0.1, -0.05) is 6.07 Å². The molecule has 0 aliphatic carbocycles. The van der Waals surface area contributed by atoms with Crippen molar-refractivity contribution in [3.8, 4) is 0 Å². The molecule has 0 radical (unpaired) electrons. The zero-order valence-corrected chi connectivity index (χ0v) is 7.72. The molecule has 4 nitrogen and oxygen atoms in total. The fraction of sp³-hybridized carbons (Fsp3) is 0.200. The van der Waals surface area contributed by atoms with E-state index in [2.05, 4.69) is 9.97 Å². The van der Waals surface area contributed by atoms with Crippen molar-refractivity contribution in [2.75, 3.05) is 6.54 Å². The van der Waals surface area contributed by atoms with Crippen molar-refractivity contribution in [2.45, 2.75) is 6.04 Å². The number of rotatable bonds is 2. The summed E-state index contributed by atoms with van der Waals surface area (Å²) in [4.78, 5) is 8.37. The van der Waals surface area contributed by atoms with Gasteiger partial charge >= 0.3 is 0 Å². The smallest absolute Gasteiger partial charge is 0.0890 e. The molecule has 4 N–H and O–H groups in total. The van der Waals surface area contributed by atoms with E-state index in [9.17, 15) is 0 Å². The van der Waals surface area contributed by atoms with Gasteiger partial charge in [0.2, 0.25) is 0 Å². The molecule has 0 aliphatic heterocycles. The van der Waals surface area contributed by atoms with Crippen LogP contribution >= 0.6 is 0 Å². The second kappa shape index (κ2) is 3.69. The molecule has 0 amide bonds. The largest absolute Gasteiger partial charge is 0.329 e. The summed E-state index contributed by atoms with van der Waals surface area (Å²) in [7, 11) is 0. The third-order valence-corrected chi connectivity index (χ3v) is 2.18. The number of aromatic nitrogens is 2. The van der Waals surface area contributed by atoms with E-state index in [1.807, 2.05) is 18.2 Å². The van der Waals surface area contributed by atoms with Gasteiger partial charge in [-0.05, 0) is 17.7 Å². The molecule has 2 rings (SSSR count). The number of fused-ring (bicyclic) bond motifs is 1. The molecule has 0 unspecified atom stereocenters. The van der Waals surface area contributed by atoms with Crippen LogP contribution in [0.5, 0.6) is 0 Å². The Morgan fingerprint density at radius 3 is 2.57 bits per heavy atom. The summed E-state index contributed by atoms with van der Waals surface area (Å²) < 4.78 is 0. The van der Waals surface area contributed by atoms with E-state index >= 15 is 0 Å². The van der Waals surface area contributed by atoms with Crippen LogP contribution < -0.4 is 11.5 Å². The van der Waals surface area contributed by atoms with Crippen LogP contribution in [-0.2, 0) is 0 Å². The predicted octanol–water partition coefficient (Wildman–Crippen LogP) is 0.588. The molecular formula is C10H12N4. The van der Waals surface area contributed by atoms with E-state index in [-0.39, 0.29) is 6.04 Å². The van der Waals surface area contributed by atoms with Crippen molar-refractivity contribution in [1.29, 1.82) is 0 Å². The van der Waals surface area contributed by atoms with Crippen LogP contribution in [0.2, 0.25) is 0 Å². The van der Waals surface area contributed by atoms with Crippen LogP contribution in [0.4, 0.5) is 0 Å². The van der Waals surface area contributed by atoms with E-state index < -0.39 is 0 Å². The summed E-state index contributed by atoms with van der Waals surface area (Å²) in [5.74, 6) is 0. The fourth-order valence-electron chi connectivity index (χ4n) is 1.35. The second-order valence-corrected chi connectivity index (χ2v) is 3.15. The second-order valence-electron chi connectivity index (χ2n) is 3.15. The van der Waals surface area contributed by atoms with Crippen LogP contribution in [0.15, 0.2) is 30.6 Å². The van der Waals surface area contributed by atoms with E-state index in [0.29, 0.717) is 6.54 Å². The van der Waals surface area contributed by atoms with Crippen LogP contribution in [0.3, 0.4) is 0 Å². The Balaban J connectivity index is 2.51. The van der Waals surface area contributed by atoms with Crippen LogP contribution in [0.1, 0.15) is 11.6 Å². The summed E-state index contributed by atoms with van der Waals surface area (Å²) in [6, 6.07) is 5.66. The molecule has 1 heterocycles. The Morgan fingerprint density at radius 1 is 1.14 bits per heavy atom. The molecule has 1 atom stereocenters. The highest BCUT2D eigenvalue weighted by molar-refractivity contribution is 5.74. The molecule has 0 aliphatic rings. The van der Waals surface area contributed by atoms with Crippen LogP contribution in [-0.4, -0.2) is 16.5 Å². The van der Waals surface area contributed by atoms with Crippen molar-refractivity contribution in [1.82, 2.24) is 9.97 Å². The molecule has 2 aromatic rings. The minimum absolute atomic E-state index is 0.124. The van der Waals surface area contributed by atoms with E-state index in [0.717, 1.165) is 16.6 Å². The molecule has 1 aromatic carbocycles. The molecule has 14 heavy (non-hydrogen) atoms. The highest BCUT2D eigenvalue weighted by Crippen LogP contribution is 2.14. The van der Waals surface area contributed by atoms with Crippen LogP contribution in [0, 0.1) is 0 Å². The van der Waals surface area contributed by atoms with Gasteiger partial charge in [0.25, 0.3) is 0 Å². The van der Waals surface area contributed by atoms with Crippen molar-refractivity contribution in [2.24, 2.45) is 11.5 Å². The normalized spacial score (nSPS) is 13.0. The average Bonchev–Trinajstić information content (AvgIpc) is 2.27. The zero-order chi connectivity index (χ0) is 9.97. The zero-order valence-electron chi connectivity index (χ0n) is 7.72. The number of nitrogens with zero attached hydrogens (tertiary/aromatic N) is 2. The van der Waals surface area contributed by atoms with Crippen LogP contribution in [0.25, 0.3) is 11.0 Å². The summed E-state index contributed by atoms with van der Waals surface area (Å²) >= 11 is 0. The number of nitrogens with two attached hydrogens (primary N) is 2. The van der Waals surface area contributed by atoms with Gasteiger partial charge in [-0.2, -0.15) is 0 Å². The van der Waals surface area contributed by atoms with Gasteiger partial charge in [0, 0.05) is 25.0 Å². The highest BCUT2D eigenvalue weighted by Gasteiger charge is 2.04. The summed E-state index contributed by atoms with van der Waals surface area (Å²) in [5, 5.41) is 0. The third kappa shape index (κ3) is 1.57. The molecule has 0 saturated carbocycles. The minimum Gasteiger partial charge on any atom is -0.329 e. The Hall–Kier alpha value is -1.52. The molecule has 1 aromatic heterocycles. The van der Waals surface area contributed by atoms with Gasteiger partial charge in [-0.15, -0.1) is 0 Å². The lowest BCUT2D eigenvalue weighted by Crippen LogP contribution is -2.20. The number of hydrogen-bond acceptors (Lipinski definition) is 4.